The van der Waals surface area contributed by atoms with Crippen molar-refractivity contribution in [2.24, 2.45) is 17.8 Å². The van der Waals surface area contributed by atoms with Crippen LogP contribution >= 0.6 is 23.5 Å². The number of carbonyl (C=O) groups excluding carboxylic acids is 2. The fourth-order valence-corrected chi connectivity index (χ4v) is 4.88. The van der Waals surface area contributed by atoms with E-state index in [1.54, 1.807) is 0 Å². The van der Waals surface area contributed by atoms with Crippen molar-refractivity contribution in [3.05, 3.63) is 0 Å². The first-order valence-corrected chi connectivity index (χ1v) is 11.4. The van der Waals surface area contributed by atoms with Crippen LogP contribution in [0, 0.1) is 17.8 Å². The highest BCUT2D eigenvalue weighted by Gasteiger charge is 2.28. The average Bonchev–Trinajstić information content (AvgIpc) is 2.56. The number of rotatable bonds is 10. The van der Waals surface area contributed by atoms with Crippen LogP contribution in [0.2, 0.25) is 0 Å². The second-order valence-electron chi connectivity index (χ2n) is 7.77. The van der Waals surface area contributed by atoms with Gasteiger partial charge in [-0.1, -0.05) is 39.5 Å². The SMILES string of the molecule is CC(C)CSC(CC(=O)NCC1CCC(C(=O)SC(C)C)CC1)C(=O)O. The van der Waals surface area contributed by atoms with Gasteiger partial charge in [-0.25, -0.2) is 0 Å². The van der Waals surface area contributed by atoms with E-state index >= 15 is 0 Å². The van der Waals surface area contributed by atoms with E-state index in [0.29, 0.717) is 28.7 Å². The molecule has 0 spiro atoms. The third kappa shape index (κ3) is 9.31. The molecule has 0 heterocycles. The molecule has 0 aromatic rings. The predicted octanol–water partition coefficient (Wildman–Crippen LogP) is 3.81. The van der Waals surface area contributed by atoms with Crippen LogP contribution in [0.15, 0.2) is 0 Å². The van der Waals surface area contributed by atoms with Crippen LogP contribution < -0.4 is 5.32 Å². The fourth-order valence-electron chi connectivity index (χ4n) is 2.96. The fraction of sp³-hybridized carbons (Fsp3) is 0.842. The summed E-state index contributed by atoms with van der Waals surface area (Å²) in [5.74, 6) is 0.555. The third-order valence-electron chi connectivity index (χ3n) is 4.40. The van der Waals surface area contributed by atoms with Gasteiger partial charge in [0.25, 0.3) is 0 Å². The van der Waals surface area contributed by atoms with Gasteiger partial charge in [-0.15, -0.1) is 11.8 Å². The lowest BCUT2D eigenvalue weighted by Crippen LogP contribution is -2.35. The number of carboxylic acid groups (broad SMARTS) is 1. The molecule has 26 heavy (non-hydrogen) atoms. The lowest BCUT2D eigenvalue weighted by atomic mass is 9.82. The number of hydrogen-bond acceptors (Lipinski definition) is 5. The lowest BCUT2D eigenvalue weighted by Gasteiger charge is -2.28. The van der Waals surface area contributed by atoms with Crippen LogP contribution in [0.4, 0.5) is 0 Å². The number of thioether (sulfide) groups is 2. The second-order valence-corrected chi connectivity index (χ2v) is 10.6. The maximum Gasteiger partial charge on any atom is 0.317 e. The zero-order valence-corrected chi connectivity index (χ0v) is 18.0. The van der Waals surface area contributed by atoms with Crippen molar-refractivity contribution in [2.75, 3.05) is 12.3 Å². The van der Waals surface area contributed by atoms with Gasteiger partial charge in [0.2, 0.25) is 5.91 Å². The summed E-state index contributed by atoms with van der Waals surface area (Å²) in [6.45, 7) is 8.72. The molecule has 1 rings (SSSR count). The van der Waals surface area contributed by atoms with Crippen molar-refractivity contribution < 1.29 is 19.5 Å². The molecule has 0 saturated heterocycles. The van der Waals surface area contributed by atoms with E-state index in [1.165, 1.54) is 23.5 Å². The Morgan fingerprint density at radius 3 is 2.19 bits per heavy atom. The molecule has 0 radical (unpaired) electrons. The summed E-state index contributed by atoms with van der Waals surface area (Å²) in [7, 11) is 0. The summed E-state index contributed by atoms with van der Waals surface area (Å²) in [6, 6.07) is 0. The summed E-state index contributed by atoms with van der Waals surface area (Å²) in [4.78, 5) is 35.5. The highest BCUT2D eigenvalue weighted by molar-refractivity contribution is 8.14. The molecule has 0 aliphatic heterocycles. The number of carbonyl (C=O) groups is 3. The van der Waals surface area contributed by atoms with Crippen molar-refractivity contribution in [2.45, 2.75) is 70.3 Å². The summed E-state index contributed by atoms with van der Waals surface area (Å²) >= 11 is 2.77. The van der Waals surface area contributed by atoms with Crippen LogP contribution in [-0.4, -0.2) is 44.9 Å². The molecule has 0 aromatic heterocycles. The van der Waals surface area contributed by atoms with Crippen molar-refractivity contribution in [1.82, 2.24) is 5.32 Å². The summed E-state index contributed by atoms with van der Waals surface area (Å²) in [5, 5.41) is 12.1. The number of amides is 1. The summed E-state index contributed by atoms with van der Waals surface area (Å²) in [6.07, 6.45) is 3.69. The van der Waals surface area contributed by atoms with Gasteiger partial charge < -0.3 is 10.4 Å². The van der Waals surface area contributed by atoms with Crippen LogP contribution in [-0.2, 0) is 14.4 Å². The molecule has 5 nitrogen and oxygen atoms in total. The highest BCUT2D eigenvalue weighted by atomic mass is 32.2. The molecule has 1 unspecified atom stereocenters. The molecule has 0 bridgehead atoms. The number of hydrogen-bond donors (Lipinski definition) is 2. The first-order valence-electron chi connectivity index (χ1n) is 9.50. The molecular formula is C19H33NO4S2. The maximum absolute atomic E-state index is 12.1. The number of aliphatic carboxylic acids is 1. The van der Waals surface area contributed by atoms with Crippen LogP contribution in [0.25, 0.3) is 0 Å². The van der Waals surface area contributed by atoms with Crippen LogP contribution in [0.3, 0.4) is 0 Å². The average molecular weight is 404 g/mol. The zero-order chi connectivity index (χ0) is 19.7. The highest BCUT2D eigenvalue weighted by Crippen LogP contribution is 2.32. The van der Waals surface area contributed by atoms with Crippen molar-refractivity contribution >= 4 is 40.5 Å². The standard InChI is InChI=1S/C19H33NO4S2/c1-12(2)11-25-16(18(22)23)9-17(21)20-10-14-5-7-15(8-6-14)19(24)26-13(3)4/h12-16H,5-11H2,1-4H3,(H,20,21)(H,22,23). The van der Waals surface area contributed by atoms with Gasteiger partial charge in [-0.2, -0.15) is 0 Å². The Morgan fingerprint density at radius 1 is 1.08 bits per heavy atom. The molecule has 1 aliphatic rings. The van der Waals surface area contributed by atoms with Crippen molar-refractivity contribution in [3.63, 3.8) is 0 Å². The molecule has 1 fully saturated rings. The molecule has 150 valence electrons. The molecule has 1 saturated carbocycles. The normalized spacial score (nSPS) is 21.6. The molecule has 2 N–H and O–H groups in total. The Kier molecular flexibility index (Phi) is 10.7. The minimum atomic E-state index is -0.924. The number of carboxylic acids is 1. The van der Waals surface area contributed by atoms with Gasteiger partial charge in [-0.3, -0.25) is 14.4 Å². The second kappa shape index (κ2) is 11.9. The Balaban J connectivity index is 2.30. The third-order valence-corrected chi connectivity index (χ3v) is 7.06. The molecule has 1 atom stereocenters. The number of nitrogens with one attached hydrogen (secondary N) is 1. The zero-order valence-electron chi connectivity index (χ0n) is 16.3. The quantitative estimate of drug-likeness (QED) is 0.577. The minimum Gasteiger partial charge on any atom is -0.480 e. The van der Waals surface area contributed by atoms with Gasteiger partial charge >= 0.3 is 5.97 Å². The van der Waals surface area contributed by atoms with Crippen LogP contribution in [0.1, 0.15) is 59.8 Å². The van der Waals surface area contributed by atoms with Crippen molar-refractivity contribution in [1.29, 1.82) is 0 Å². The Hall–Kier alpha value is -0.690. The van der Waals surface area contributed by atoms with E-state index in [2.05, 4.69) is 5.32 Å². The topological polar surface area (TPSA) is 83.5 Å². The molecule has 0 aromatic carbocycles. The summed E-state index contributed by atoms with van der Waals surface area (Å²) in [5.41, 5.74) is 0. The minimum absolute atomic E-state index is 0.0194. The van der Waals surface area contributed by atoms with Gasteiger partial charge in [0.05, 0.1) is 0 Å². The van der Waals surface area contributed by atoms with Gasteiger partial charge in [0.15, 0.2) is 5.12 Å². The van der Waals surface area contributed by atoms with E-state index < -0.39 is 11.2 Å². The van der Waals surface area contributed by atoms with E-state index in [9.17, 15) is 19.5 Å². The van der Waals surface area contributed by atoms with Gasteiger partial charge in [0, 0.05) is 24.1 Å². The van der Waals surface area contributed by atoms with E-state index in [-0.39, 0.29) is 18.2 Å². The lowest BCUT2D eigenvalue weighted by molar-refractivity contribution is -0.138. The van der Waals surface area contributed by atoms with E-state index in [4.69, 9.17) is 0 Å². The maximum atomic E-state index is 12.1. The first kappa shape index (κ1) is 23.3. The Labute approximate surface area is 165 Å². The monoisotopic (exact) mass is 403 g/mol. The van der Waals surface area contributed by atoms with Gasteiger partial charge in [0.1, 0.15) is 5.25 Å². The smallest absolute Gasteiger partial charge is 0.317 e. The van der Waals surface area contributed by atoms with Crippen LogP contribution in [0.5, 0.6) is 0 Å². The largest absolute Gasteiger partial charge is 0.480 e. The Morgan fingerprint density at radius 2 is 1.69 bits per heavy atom. The molecule has 1 aliphatic carbocycles. The van der Waals surface area contributed by atoms with E-state index in [1.807, 2.05) is 27.7 Å². The van der Waals surface area contributed by atoms with E-state index in [0.717, 1.165) is 31.4 Å². The molecular weight excluding hydrogens is 370 g/mol. The van der Waals surface area contributed by atoms with Crippen molar-refractivity contribution in [3.8, 4) is 0 Å². The Bertz CT molecular complexity index is 474. The summed E-state index contributed by atoms with van der Waals surface area (Å²) < 4.78 is 0. The molecule has 1 amide bonds. The predicted molar refractivity (Wildman–Crippen MR) is 110 cm³/mol. The first-order chi connectivity index (χ1) is 12.2. The molecule has 7 heteroatoms. The van der Waals surface area contributed by atoms with Gasteiger partial charge in [-0.05, 0) is 43.3 Å².